The van der Waals surface area contributed by atoms with Crippen LogP contribution < -0.4 is 5.32 Å². The first kappa shape index (κ1) is 15.7. The van der Waals surface area contributed by atoms with E-state index >= 15 is 0 Å². The molecule has 0 radical (unpaired) electrons. The number of halogens is 1. The Morgan fingerprint density at radius 1 is 1.32 bits per heavy atom. The third-order valence-electron chi connectivity index (χ3n) is 3.50. The number of likely N-dealkylation sites (N-methyl/N-ethyl adjacent to an activating group) is 1. The second-order valence-electron chi connectivity index (χ2n) is 4.87. The highest BCUT2D eigenvalue weighted by atomic mass is 79.9. The van der Waals surface area contributed by atoms with Crippen molar-refractivity contribution in [3.8, 4) is 0 Å². The molecular formula is C15H22BrNS2. The van der Waals surface area contributed by atoms with Crippen molar-refractivity contribution in [3.63, 3.8) is 0 Å². The summed E-state index contributed by atoms with van der Waals surface area (Å²) in [7, 11) is 0. The third kappa shape index (κ3) is 4.42. The Hall–Kier alpha value is 0.360. The van der Waals surface area contributed by atoms with Crippen LogP contribution in [0.25, 0.3) is 0 Å². The Bertz CT molecular complexity index is 399. The maximum Gasteiger partial charge on any atom is 0.0320 e. The average molecular weight is 360 g/mol. The highest BCUT2D eigenvalue weighted by Gasteiger charge is 2.30. The summed E-state index contributed by atoms with van der Waals surface area (Å²) in [6.07, 6.45) is 1.11. The lowest BCUT2D eigenvalue weighted by Gasteiger charge is -2.35. The molecule has 0 aliphatic carbocycles. The minimum atomic E-state index is 0.566. The van der Waals surface area contributed by atoms with Gasteiger partial charge in [0.05, 0.1) is 0 Å². The van der Waals surface area contributed by atoms with Crippen molar-refractivity contribution in [1.29, 1.82) is 0 Å². The molecule has 1 aliphatic rings. The fourth-order valence-corrected chi connectivity index (χ4v) is 5.97. The Kier molecular flexibility index (Phi) is 6.60. The minimum absolute atomic E-state index is 0.566. The van der Waals surface area contributed by atoms with Gasteiger partial charge >= 0.3 is 0 Å². The van der Waals surface area contributed by atoms with E-state index in [1.165, 1.54) is 21.5 Å². The van der Waals surface area contributed by atoms with E-state index in [1.807, 2.05) is 0 Å². The molecule has 106 valence electrons. The van der Waals surface area contributed by atoms with Crippen LogP contribution in [-0.2, 0) is 6.42 Å². The van der Waals surface area contributed by atoms with Crippen LogP contribution in [0, 0.1) is 0 Å². The summed E-state index contributed by atoms with van der Waals surface area (Å²) in [5.41, 5.74) is 1.41. The van der Waals surface area contributed by atoms with Crippen LogP contribution in [0.4, 0.5) is 0 Å². The second-order valence-corrected chi connectivity index (χ2v) is 8.50. The number of thioether (sulfide) groups is 2. The third-order valence-corrected chi connectivity index (χ3v) is 7.52. The molecule has 1 nitrogen and oxygen atoms in total. The van der Waals surface area contributed by atoms with Crippen molar-refractivity contribution >= 4 is 39.5 Å². The van der Waals surface area contributed by atoms with Gasteiger partial charge in [0.1, 0.15) is 0 Å². The van der Waals surface area contributed by atoms with E-state index in [0.717, 1.165) is 18.2 Å². The largest absolute Gasteiger partial charge is 0.313 e. The van der Waals surface area contributed by atoms with Gasteiger partial charge in [-0.2, -0.15) is 23.5 Å². The normalized spacial score (nSPS) is 25.2. The quantitative estimate of drug-likeness (QED) is 0.845. The van der Waals surface area contributed by atoms with Crippen LogP contribution in [0.15, 0.2) is 28.7 Å². The highest BCUT2D eigenvalue weighted by molar-refractivity contribution is 9.10. The van der Waals surface area contributed by atoms with E-state index in [2.05, 4.69) is 82.9 Å². The molecule has 1 saturated heterocycles. The molecule has 0 spiro atoms. The maximum absolute atomic E-state index is 3.70. The molecule has 1 fully saturated rings. The summed E-state index contributed by atoms with van der Waals surface area (Å²) >= 11 is 7.94. The molecule has 1 aliphatic heterocycles. The summed E-state index contributed by atoms with van der Waals surface area (Å²) in [6.45, 7) is 5.63. The van der Waals surface area contributed by atoms with Gasteiger partial charge in [-0.15, -0.1) is 0 Å². The smallest absolute Gasteiger partial charge is 0.0320 e. The molecule has 0 bridgehead atoms. The van der Waals surface area contributed by atoms with Gasteiger partial charge in [-0.1, -0.05) is 48.0 Å². The molecule has 0 amide bonds. The second kappa shape index (κ2) is 7.96. The maximum atomic E-state index is 3.70. The summed E-state index contributed by atoms with van der Waals surface area (Å²) in [4.78, 5) is 0. The highest BCUT2D eigenvalue weighted by Crippen LogP contribution is 2.34. The van der Waals surface area contributed by atoms with Gasteiger partial charge in [0.25, 0.3) is 0 Å². The molecule has 3 unspecified atom stereocenters. The van der Waals surface area contributed by atoms with E-state index in [1.54, 1.807) is 0 Å². The topological polar surface area (TPSA) is 12.0 Å². The lowest BCUT2D eigenvalue weighted by atomic mass is 10.0. The predicted molar refractivity (Wildman–Crippen MR) is 93.5 cm³/mol. The molecule has 1 N–H and O–H groups in total. The summed E-state index contributed by atoms with van der Waals surface area (Å²) in [5.74, 6) is 2.59. The van der Waals surface area contributed by atoms with Gasteiger partial charge in [-0.05, 0) is 24.6 Å². The van der Waals surface area contributed by atoms with Gasteiger partial charge < -0.3 is 5.32 Å². The Morgan fingerprint density at radius 2 is 2.05 bits per heavy atom. The van der Waals surface area contributed by atoms with Crippen molar-refractivity contribution in [2.75, 3.05) is 18.1 Å². The predicted octanol–water partition coefficient (Wildman–Crippen LogP) is 4.21. The molecule has 19 heavy (non-hydrogen) atoms. The molecule has 1 aromatic carbocycles. The van der Waals surface area contributed by atoms with Crippen molar-refractivity contribution in [1.82, 2.24) is 5.32 Å². The molecule has 3 atom stereocenters. The molecule has 1 aromatic rings. The minimum Gasteiger partial charge on any atom is -0.313 e. The Labute approximate surface area is 133 Å². The number of rotatable bonds is 5. The first-order valence-electron chi connectivity index (χ1n) is 6.92. The summed E-state index contributed by atoms with van der Waals surface area (Å²) in [5, 5.41) is 5.16. The first-order chi connectivity index (χ1) is 9.22. The van der Waals surface area contributed by atoms with Gasteiger partial charge in [0.2, 0.25) is 0 Å². The van der Waals surface area contributed by atoms with E-state index in [4.69, 9.17) is 0 Å². The fraction of sp³-hybridized carbons (Fsp3) is 0.600. The number of nitrogens with one attached hydrogen (secondary N) is 1. The van der Waals surface area contributed by atoms with Crippen LogP contribution in [-0.4, -0.2) is 34.6 Å². The van der Waals surface area contributed by atoms with Gasteiger partial charge in [0.15, 0.2) is 0 Å². The summed E-state index contributed by atoms with van der Waals surface area (Å²) < 4.78 is 1.24. The van der Waals surface area contributed by atoms with Crippen LogP contribution in [0.1, 0.15) is 19.4 Å². The van der Waals surface area contributed by atoms with Crippen molar-refractivity contribution in [2.24, 2.45) is 0 Å². The van der Waals surface area contributed by atoms with E-state index < -0.39 is 0 Å². The van der Waals surface area contributed by atoms with E-state index in [-0.39, 0.29) is 0 Å². The zero-order valence-electron chi connectivity index (χ0n) is 11.6. The number of hydrogen-bond donors (Lipinski definition) is 1. The van der Waals surface area contributed by atoms with Crippen molar-refractivity contribution < 1.29 is 0 Å². The molecular weight excluding hydrogens is 338 g/mol. The van der Waals surface area contributed by atoms with Crippen LogP contribution in [0.3, 0.4) is 0 Å². The van der Waals surface area contributed by atoms with Crippen LogP contribution in [0.5, 0.6) is 0 Å². The molecule has 1 heterocycles. The van der Waals surface area contributed by atoms with Crippen LogP contribution >= 0.6 is 39.5 Å². The zero-order valence-corrected chi connectivity index (χ0v) is 14.8. The molecule has 4 heteroatoms. The van der Waals surface area contributed by atoms with Gasteiger partial charge in [-0.3, -0.25) is 0 Å². The van der Waals surface area contributed by atoms with Gasteiger partial charge in [0, 0.05) is 32.5 Å². The monoisotopic (exact) mass is 359 g/mol. The fourth-order valence-electron chi connectivity index (χ4n) is 2.56. The van der Waals surface area contributed by atoms with E-state index in [9.17, 15) is 0 Å². The van der Waals surface area contributed by atoms with Crippen molar-refractivity contribution in [3.05, 3.63) is 34.3 Å². The first-order valence-corrected chi connectivity index (χ1v) is 9.81. The van der Waals surface area contributed by atoms with Gasteiger partial charge in [-0.25, -0.2) is 0 Å². The Balaban J connectivity index is 2.09. The Morgan fingerprint density at radius 3 is 2.74 bits per heavy atom. The SMILES string of the molecule is CCNC(Cc1ccccc1Br)C1SCCSC1C. The molecule has 0 aromatic heterocycles. The zero-order chi connectivity index (χ0) is 13.7. The van der Waals surface area contributed by atoms with E-state index in [0.29, 0.717) is 11.3 Å². The number of benzene rings is 1. The lowest BCUT2D eigenvalue weighted by Crippen LogP contribution is -2.45. The number of hydrogen-bond acceptors (Lipinski definition) is 3. The summed E-state index contributed by atoms with van der Waals surface area (Å²) in [6, 6.07) is 9.17. The standard InChI is InChI=1S/C15H22BrNS2/c1-3-17-14(15-11(2)18-8-9-19-15)10-12-6-4-5-7-13(12)16/h4-7,11,14-15,17H,3,8-10H2,1-2H3. The average Bonchev–Trinajstić information content (AvgIpc) is 2.41. The van der Waals surface area contributed by atoms with Crippen LogP contribution in [0.2, 0.25) is 0 Å². The molecule has 0 saturated carbocycles. The molecule has 2 rings (SSSR count). The van der Waals surface area contributed by atoms with Crippen molar-refractivity contribution in [2.45, 2.75) is 36.8 Å². The lowest BCUT2D eigenvalue weighted by molar-refractivity contribution is 0.500.